The number of carbonyl (C=O) groups excluding carboxylic acids is 1. The van der Waals surface area contributed by atoms with Crippen LogP contribution in [0.4, 0.5) is 13.2 Å². The summed E-state index contributed by atoms with van der Waals surface area (Å²) in [7, 11) is 1.76. The molecule has 1 saturated heterocycles. The van der Waals surface area contributed by atoms with Crippen LogP contribution < -0.4 is 0 Å². The second kappa shape index (κ2) is 5.32. The van der Waals surface area contributed by atoms with Gasteiger partial charge in [0, 0.05) is 18.1 Å². The van der Waals surface area contributed by atoms with Gasteiger partial charge in [-0.2, -0.15) is 11.8 Å². The maximum atomic E-state index is 13.5. The molecule has 1 heterocycles. The van der Waals surface area contributed by atoms with E-state index in [0.29, 0.717) is 12.3 Å². The first-order valence-corrected chi connectivity index (χ1v) is 6.63. The molecular formula is C12H12F3NOS. The number of halogens is 3. The molecule has 1 fully saturated rings. The number of ketones is 1. The Morgan fingerprint density at radius 2 is 2.06 bits per heavy atom. The van der Waals surface area contributed by atoms with Crippen LogP contribution >= 0.6 is 11.8 Å². The van der Waals surface area contributed by atoms with E-state index in [2.05, 4.69) is 0 Å². The first-order valence-electron chi connectivity index (χ1n) is 5.48. The highest BCUT2D eigenvalue weighted by Crippen LogP contribution is 2.22. The molecule has 0 radical (unpaired) electrons. The lowest BCUT2D eigenvalue weighted by molar-refractivity contribution is 0.0869. The molecule has 0 spiro atoms. The van der Waals surface area contributed by atoms with E-state index < -0.39 is 29.3 Å². The van der Waals surface area contributed by atoms with E-state index in [4.69, 9.17) is 0 Å². The largest absolute Gasteiger partial charge is 0.295 e. The van der Waals surface area contributed by atoms with Crippen LogP contribution in [0.15, 0.2) is 12.1 Å². The van der Waals surface area contributed by atoms with Gasteiger partial charge in [-0.1, -0.05) is 0 Å². The van der Waals surface area contributed by atoms with Gasteiger partial charge < -0.3 is 0 Å². The van der Waals surface area contributed by atoms with Crippen LogP contribution in [0.3, 0.4) is 0 Å². The van der Waals surface area contributed by atoms with Gasteiger partial charge in [0.2, 0.25) is 0 Å². The summed E-state index contributed by atoms with van der Waals surface area (Å²) in [5, 5.41) is 0. The van der Waals surface area contributed by atoms with Gasteiger partial charge in [-0.05, 0) is 19.2 Å². The van der Waals surface area contributed by atoms with Crippen molar-refractivity contribution in [2.75, 3.05) is 25.1 Å². The highest BCUT2D eigenvalue weighted by atomic mass is 32.2. The highest BCUT2D eigenvalue weighted by molar-refractivity contribution is 7.99. The van der Waals surface area contributed by atoms with Gasteiger partial charge in [0.1, 0.15) is 0 Å². The first-order chi connectivity index (χ1) is 8.52. The molecule has 0 aliphatic carbocycles. The molecule has 1 aromatic carbocycles. The van der Waals surface area contributed by atoms with Gasteiger partial charge in [0.25, 0.3) is 0 Å². The number of nitrogens with zero attached hydrogens (tertiary/aromatic N) is 1. The SMILES string of the molecule is CN1CCSCC1C(=O)c1ccc(F)c(F)c1F. The molecule has 0 aromatic heterocycles. The Balaban J connectivity index is 2.31. The zero-order valence-corrected chi connectivity index (χ0v) is 10.6. The lowest BCUT2D eigenvalue weighted by Crippen LogP contribution is -2.45. The predicted octanol–water partition coefficient (Wildman–Crippen LogP) is 2.33. The normalized spacial score (nSPS) is 21.0. The third kappa shape index (κ3) is 2.40. The summed E-state index contributed by atoms with van der Waals surface area (Å²) in [5.41, 5.74) is -0.381. The fourth-order valence-electron chi connectivity index (χ4n) is 1.86. The Kier molecular flexibility index (Phi) is 3.97. The maximum absolute atomic E-state index is 13.5. The number of carbonyl (C=O) groups is 1. The van der Waals surface area contributed by atoms with Crippen molar-refractivity contribution in [3.8, 4) is 0 Å². The molecule has 0 bridgehead atoms. The Labute approximate surface area is 107 Å². The fourth-order valence-corrected chi connectivity index (χ4v) is 3.07. The lowest BCUT2D eigenvalue weighted by Gasteiger charge is -2.30. The van der Waals surface area contributed by atoms with Crippen LogP contribution in [0.1, 0.15) is 10.4 Å². The van der Waals surface area contributed by atoms with Gasteiger partial charge in [0.15, 0.2) is 23.2 Å². The van der Waals surface area contributed by atoms with E-state index in [0.717, 1.165) is 17.9 Å². The quantitative estimate of drug-likeness (QED) is 0.610. The van der Waals surface area contributed by atoms with E-state index in [1.54, 1.807) is 23.7 Å². The van der Waals surface area contributed by atoms with Gasteiger partial charge >= 0.3 is 0 Å². The molecule has 0 amide bonds. The lowest BCUT2D eigenvalue weighted by atomic mass is 10.0. The Morgan fingerprint density at radius 3 is 2.72 bits per heavy atom. The summed E-state index contributed by atoms with van der Waals surface area (Å²) in [5.74, 6) is -3.33. The number of rotatable bonds is 2. The summed E-state index contributed by atoms with van der Waals surface area (Å²) in [4.78, 5) is 13.9. The number of thioether (sulfide) groups is 1. The van der Waals surface area contributed by atoms with Crippen molar-refractivity contribution in [2.45, 2.75) is 6.04 Å². The van der Waals surface area contributed by atoms with Crippen LogP contribution in [0, 0.1) is 17.5 Å². The molecule has 1 aliphatic heterocycles. The van der Waals surface area contributed by atoms with E-state index in [-0.39, 0.29) is 5.56 Å². The van der Waals surface area contributed by atoms with Crippen molar-refractivity contribution in [2.24, 2.45) is 0 Å². The van der Waals surface area contributed by atoms with E-state index in [9.17, 15) is 18.0 Å². The summed E-state index contributed by atoms with van der Waals surface area (Å²) >= 11 is 1.59. The molecule has 1 aromatic rings. The molecular weight excluding hydrogens is 263 g/mol. The number of benzene rings is 1. The molecule has 98 valence electrons. The van der Waals surface area contributed by atoms with Crippen LogP contribution in [-0.2, 0) is 0 Å². The van der Waals surface area contributed by atoms with Crippen LogP contribution in [0.25, 0.3) is 0 Å². The van der Waals surface area contributed by atoms with E-state index >= 15 is 0 Å². The predicted molar refractivity (Wildman–Crippen MR) is 64.4 cm³/mol. The number of hydrogen-bond acceptors (Lipinski definition) is 3. The van der Waals surface area contributed by atoms with Gasteiger partial charge in [0.05, 0.1) is 11.6 Å². The van der Waals surface area contributed by atoms with Crippen LogP contribution in [0.2, 0.25) is 0 Å². The molecule has 2 nitrogen and oxygen atoms in total. The maximum Gasteiger partial charge on any atom is 0.195 e. The topological polar surface area (TPSA) is 20.3 Å². The molecule has 2 rings (SSSR count). The number of Topliss-reactive ketones (excluding diaryl/α,β-unsaturated/α-hetero) is 1. The molecule has 1 aliphatic rings. The molecule has 0 N–H and O–H groups in total. The van der Waals surface area contributed by atoms with Gasteiger partial charge in [-0.3, -0.25) is 9.69 Å². The molecule has 0 saturated carbocycles. The summed E-state index contributed by atoms with van der Waals surface area (Å²) in [6.07, 6.45) is 0. The Morgan fingerprint density at radius 1 is 1.33 bits per heavy atom. The molecule has 6 heteroatoms. The third-order valence-electron chi connectivity index (χ3n) is 3.00. The van der Waals surface area contributed by atoms with E-state index in [1.807, 2.05) is 0 Å². The summed E-state index contributed by atoms with van der Waals surface area (Å²) < 4.78 is 39.4. The summed E-state index contributed by atoms with van der Waals surface area (Å²) in [6, 6.07) is 1.30. The monoisotopic (exact) mass is 275 g/mol. The Hall–Kier alpha value is -1.01. The van der Waals surface area contributed by atoms with Crippen molar-refractivity contribution >= 4 is 17.5 Å². The smallest absolute Gasteiger partial charge is 0.195 e. The van der Waals surface area contributed by atoms with Crippen molar-refractivity contribution < 1.29 is 18.0 Å². The number of likely N-dealkylation sites (N-methyl/N-ethyl adjacent to an activating group) is 1. The highest BCUT2D eigenvalue weighted by Gasteiger charge is 2.30. The average molecular weight is 275 g/mol. The average Bonchev–Trinajstić information content (AvgIpc) is 2.36. The second-order valence-corrected chi connectivity index (χ2v) is 5.31. The summed E-state index contributed by atoms with van der Waals surface area (Å²) in [6.45, 7) is 0.715. The van der Waals surface area contributed by atoms with Crippen molar-refractivity contribution in [3.05, 3.63) is 35.1 Å². The van der Waals surface area contributed by atoms with Crippen LogP contribution in [-0.4, -0.2) is 41.8 Å². The number of hydrogen-bond donors (Lipinski definition) is 0. The second-order valence-electron chi connectivity index (χ2n) is 4.16. The van der Waals surface area contributed by atoms with Gasteiger partial charge in [-0.15, -0.1) is 0 Å². The fraction of sp³-hybridized carbons (Fsp3) is 0.417. The standard InChI is InChI=1S/C12H12F3NOS/c1-16-4-5-18-6-9(16)12(17)7-2-3-8(13)11(15)10(7)14/h2-3,9H,4-6H2,1H3. The van der Waals surface area contributed by atoms with E-state index in [1.165, 1.54) is 0 Å². The zero-order chi connectivity index (χ0) is 13.3. The van der Waals surface area contributed by atoms with Gasteiger partial charge in [-0.25, -0.2) is 13.2 Å². The zero-order valence-electron chi connectivity index (χ0n) is 9.75. The molecule has 1 atom stereocenters. The minimum Gasteiger partial charge on any atom is -0.295 e. The molecule has 18 heavy (non-hydrogen) atoms. The van der Waals surface area contributed by atoms with Crippen molar-refractivity contribution in [3.63, 3.8) is 0 Å². The van der Waals surface area contributed by atoms with Crippen molar-refractivity contribution in [1.82, 2.24) is 4.90 Å². The Bertz CT molecular complexity index is 481. The van der Waals surface area contributed by atoms with Crippen molar-refractivity contribution in [1.29, 1.82) is 0 Å². The third-order valence-corrected chi connectivity index (χ3v) is 4.02. The minimum absolute atomic E-state index is 0.381. The minimum atomic E-state index is -1.59. The van der Waals surface area contributed by atoms with Crippen LogP contribution in [0.5, 0.6) is 0 Å². The molecule has 1 unspecified atom stereocenters. The first kappa shape index (κ1) is 13.4.